The Hall–Kier alpha value is -2.34. The number of hydrogen-bond donors (Lipinski definition) is 2. The van der Waals surface area contributed by atoms with Gasteiger partial charge in [-0.3, -0.25) is 4.79 Å². The van der Waals surface area contributed by atoms with E-state index >= 15 is 0 Å². The van der Waals surface area contributed by atoms with Crippen LogP contribution in [0.1, 0.15) is 30.0 Å². The number of likely N-dealkylation sites (N-methyl/N-ethyl adjacent to an activating group) is 1. The van der Waals surface area contributed by atoms with Crippen molar-refractivity contribution < 1.29 is 22.9 Å². The summed E-state index contributed by atoms with van der Waals surface area (Å²) in [6.07, 6.45) is 3.06. The number of carbonyl (C=O) groups excluding carboxylic acids is 1. The maximum absolute atomic E-state index is 13.7. The van der Waals surface area contributed by atoms with Gasteiger partial charge in [-0.2, -0.15) is 0 Å². The van der Waals surface area contributed by atoms with Gasteiger partial charge in [0.15, 0.2) is 24.0 Å². The molecule has 2 aromatic carbocycles. The van der Waals surface area contributed by atoms with Crippen LogP contribution in [0.15, 0.2) is 36.4 Å². The Kier molecular flexibility index (Phi) is 5.08. The van der Waals surface area contributed by atoms with Crippen LogP contribution in [-0.4, -0.2) is 19.5 Å². The second-order valence-corrected chi connectivity index (χ2v) is 6.44. The van der Waals surface area contributed by atoms with Crippen molar-refractivity contribution in [3.8, 4) is 0 Å². The van der Waals surface area contributed by atoms with Crippen molar-refractivity contribution in [2.45, 2.75) is 25.3 Å². The molecule has 25 heavy (non-hydrogen) atoms. The Bertz CT molecular complexity index is 794. The predicted octanol–water partition coefficient (Wildman–Crippen LogP) is 2.63. The third-order valence-electron chi connectivity index (χ3n) is 4.71. The lowest BCUT2D eigenvalue weighted by Crippen LogP contribution is -3.10. The molecule has 1 unspecified atom stereocenters. The van der Waals surface area contributed by atoms with Crippen LogP contribution >= 0.6 is 0 Å². The van der Waals surface area contributed by atoms with E-state index in [1.165, 1.54) is 11.1 Å². The summed E-state index contributed by atoms with van der Waals surface area (Å²) in [5.41, 5.74) is 2.18. The number of fused-ring (bicyclic) bond motifs is 1. The lowest BCUT2D eigenvalue weighted by atomic mass is 9.87. The van der Waals surface area contributed by atoms with E-state index < -0.39 is 23.4 Å². The first-order valence-electron chi connectivity index (χ1n) is 8.31. The van der Waals surface area contributed by atoms with Crippen LogP contribution in [0.4, 0.5) is 18.9 Å². The highest BCUT2D eigenvalue weighted by atomic mass is 19.2. The first-order valence-corrected chi connectivity index (χ1v) is 8.31. The van der Waals surface area contributed by atoms with Gasteiger partial charge in [-0.15, -0.1) is 0 Å². The van der Waals surface area contributed by atoms with E-state index in [1.807, 2.05) is 19.2 Å². The molecular formula is C19H20F3N2O+. The fourth-order valence-corrected chi connectivity index (χ4v) is 3.46. The smallest absolute Gasteiger partial charge is 0.279 e. The van der Waals surface area contributed by atoms with Gasteiger partial charge in [-0.1, -0.05) is 24.3 Å². The van der Waals surface area contributed by atoms with Gasteiger partial charge in [0.05, 0.1) is 12.7 Å². The maximum Gasteiger partial charge on any atom is 0.279 e. The minimum Gasteiger partial charge on any atom is -0.323 e. The molecule has 0 bridgehead atoms. The number of amides is 1. The fourth-order valence-electron chi connectivity index (χ4n) is 3.46. The predicted molar refractivity (Wildman–Crippen MR) is 88.8 cm³/mol. The molecule has 0 radical (unpaired) electrons. The summed E-state index contributed by atoms with van der Waals surface area (Å²) in [5.74, 6) is -4.68. The number of carbonyl (C=O) groups is 1. The Morgan fingerprint density at radius 2 is 1.92 bits per heavy atom. The molecule has 0 aromatic heterocycles. The topological polar surface area (TPSA) is 33.5 Å². The number of anilines is 1. The van der Waals surface area contributed by atoms with E-state index in [9.17, 15) is 18.0 Å². The molecule has 0 aliphatic heterocycles. The van der Waals surface area contributed by atoms with Gasteiger partial charge < -0.3 is 10.2 Å². The summed E-state index contributed by atoms with van der Waals surface area (Å²) in [6, 6.07) is 10.2. The summed E-state index contributed by atoms with van der Waals surface area (Å²) < 4.78 is 39.9. The van der Waals surface area contributed by atoms with E-state index in [2.05, 4.69) is 17.4 Å². The lowest BCUT2D eigenvalue weighted by Gasteiger charge is -2.30. The van der Waals surface area contributed by atoms with Crippen LogP contribution in [0.25, 0.3) is 0 Å². The molecule has 0 saturated carbocycles. The van der Waals surface area contributed by atoms with Gasteiger partial charge in [0.25, 0.3) is 5.91 Å². The molecule has 0 spiro atoms. The van der Waals surface area contributed by atoms with E-state index in [0.29, 0.717) is 0 Å². The van der Waals surface area contributed by atoms with Crippen LogP contribution in [0, 0.1) is 17.5 Å². The fraction of sp³-hybridized carbons (Fsp3) is 0.316. The number of quaternary nitrogens is 1. The van der Waals surface area contributed by atoms with Gasteiger partial charge in [0, 0.05) is 12.0 Å². The average molecular weight is 349 g/mol. The molecule has 1 amide bonds. The monoisotopic (exact) mass is 349 g/mol. The van der Waals surface area contributed by atoms with E-state index in [1.54, 1.807) is 0 Å². The van der Waals surface area contributed by atoms with Crippen molar-refractivity contribution in [1.29, 1.82) is 0 Å². The van der Waals surface area contributed by atoms with Crippen molar-refractivity contribution in [2.75, 3.05) is 18.9 Å². The van der Waals surface area contributed by atoms with Gasteiger partial charge in [0.2, 0.25) is 0 Å². The van der Waals surface area contributed by atoms with E-state index in [4.69, 9.17) is 0 Å². The van der Waals surface area contributed by atoms with Crippen molar-refractivity contribution in [1.82, 2.24) is 0 Å². The quantitative estimate of drug-likeness (QED) is 0.818. The highest BCUT2D eigenvalue weighted by Gasteiger charge is 2.28. The molecule has 0 fully saturated rings. The molecule has 3 nitrogen and oxygen atoms in total. The van der Waals surface area contributed by atoms with Crippen molar-refractivity contribution in [2.24, 2.45) is 0 Å². The average Bonchev–Trinajstić information content (AvgIpc) is 2.61. The highest BCUT2D eigenvalue weighted by Crippen LogP contribution is 2.27. The van der Waals surface area contributed by atoms with Crippen molar-refractivity contribution >= 4 is 11.6 Å². The first-order chi connectivity index (χ1) is 12.0. The summed E-state index contributed by atoms with van der Waals surface area (Å²) in [4.78, 5) is 13.2. The molecule has 6 heteroatoms. The molecule has 1 aliphatic carbocycles. The largest absolute Gasteiger partial charge is 0.323 e. The molecule has 2 aromatic rings. The highest BCUT2D eigenvalue weighted by molar-refractivity contribution is 5.91. The zero-order valence-electron chi connectivity index (χ0n) is 13.9. The minimum atomic E-state index is -1.58. The first kappa shape index (κ1) is 17.5. The summed E-state index contributed by atoms with van der Waals surface area (Å²) in [6.45, 7) is 0.109. The SMILES string of the molecule is C[NH+](CC(=O)Nc1ccc(F)c(F)c1F)[C@H]1CCCc2ccccc21. The van der Waals surface area contributed by atoms with E-state index in [0.717, 1.165) is 36.3 Å². The second kappa shape index (κ2) is 7.27. The third kappa shape index (κ3) is 3.69. The number of nitrogens with one attached hydrogen (secondary N) is 2. The summed E-state index contributed by atoms with van der Waals surface area (Å²) >= 11 is 0. The van der Waals surface area contributed by atoms with Crippen LogP contribution in [0.3, 0.4) is 0 Å². The second-order valence-electron chi connectivity index (χ2n) is 6.44. The zero-order valence-corrected chi connectivity index (χ0v) is 13.9. The zero-order chi connectivity index (χ0) is 18.0. The standard InChI is InChI=1S/C19H19F3N2O/c1-24(16-8-4-6-12-5-2-3-7-13(12)16)11-17(25)23-15-10-9-14(20)18(21)19(15)22/h2-3,5,7,9-10,16H,4,6,8,11H2,1H3,(H,23,25)/p+1/t16-/m0/s1. The number of benzene rings is 2. The maximum atomic E-state index is 13.7. The Balaban J connectivity index is 1.69. The molecular weight excluding hydrogens is 329 g/mol. The van der Waals surface area contributed by atoms with Gasteiger partial charge in [0.1, 0.15) is 6.04 Å². The van der Waals surface area contributed by atoms with Crippen molar-refractivity contribution in [3.63, 3.8) is 0 Å². The van der Waals surface area contributed by atoms with Crippen molar-refractivity contribution in [3.05, 3.63) is 65.0 Å². The normalized spacial score (nSPS) is 17.7. The number of aryl methyl sites for hydroxylation is 1. The molecule has 2 atom stereocenters. The lowest BCUT2D eigenvalue weighted by molar-refractivity contribution is -0.905. The molecule has 3 rings (SSSR count). The minimum absolute atomic E-state index is 0.109. The molecule has 0 saturated heterocycles. The van der Waals surface area contributed by atoms with Crippen LogP contribution < -0.4 is 10.2 Å². The number of halogens is 3. The van der Waals surface area contributed by atoms with Crippen LogP contribution in [0.2, 0.25) is 0 Å². The van der Waals surface area contributed by atoms with Gasteiger partial charge >= 0.3 is 0 Å². The Morgan fingerprint density at radius 1 is 1.16 bits per heavy atom. The van der Waals surface area contributed by atoms with Gasteiger partial charge in [-0.25, -0.2) is 13.2 Å². The van der Waals surface area contributed by atoms with E-state index in [-0.39, 0.29) is 18.3 Å². The number of rotatable bonds is 4. The molecule has 1 aliphatic rings. The molecule has 0 heterocycles. The summed E-state index contributed by atoms with van der Waals surface area (Å²) in [5, 5.41) is 2.33. The van der Waals surface area contributed by atoms with Gasteiger partial charge in [-0.05, 0) is 30.5 Å². The third-order valence-corrected chi connectivity index (χ3v) is 4.71. The number of hydrogen-bond acceptors (Lipinski definition) is 1. The van der Waals surface area contributed by atoms with Crippen LogP contribution in [0.5, 0.6) is 0 Å². The Morgan fingerprint density at radius 3 is 2.72 bits per heavy atom. The van der Waals surface area contributed by atoms with Crippen LogP contribution in [-0.2, 0) is 11.2 Å². The summed E-state index contributed by atoms with van der Waals surface area (Å²) in [7, 11) is 1.91. The Labute approximate surface area is 144 Å². The molecule has 2 N–H and O–H groups in total. The molecule has 132 valence electrons.